The van der Waals surface area contributed by atoms with Crippen LogP contribution in [-0.2, 0) is 30.7 Å². The first-order valence-electron chi connectivity index (χ1n) is 3.84. The van der Waals surface area contributed by atoms with Gasteiger partial charge in [0.25, 0.3) is 0 Å². The van der Waals surface area contributed by atoms with E-state index in [4.69, 9.17) is 0 Å². The molecule has 0 aliphatic rings. The van der Waals surface area contributed by atoms with E-state index in [1.807, 2.05) is 7.05 Å². The Hall–Kier alpha value is 0.889. The molecule has 0 bridgehead atoms. The molecular weight excluding hydrogens is 322 g/mol. The summed E-state index contributed by atoms with van der Waals surface area (Å²) in [5.74, 6) is 0. The fraction of sp³-hybridized carbons (Fsp3) is 0.625. The van der Waals surface area contributed by atoms with Gasteiger partial charge in [-0.15, -0.1) is 49.6 Å². The second kappa shape index (κ2) is 17.3. The number of halogens is 4. The van der Waals surface area contributed by atoms with E-state index >= 15 is 0 Å². The zero-order valence-electron chi connectivity index (χ0n) is 8.73. The van der Waals surface area contributed by atoms with Gasteiger partial charge in [0.05, 0.1) is 13.6 Å². The Morgan fingerprint density at radius 1 is 1.13 bits per heavy atom. The molecule has 0 radical (unpaired) electrons. The first kappa shape index (κ1) is 29.7. The fourth-order valence-electron chi connectivity index (χ4n) is 0.975. The maximum atomic E-state index is 2.21. The van der Waals surface area contributed by atoms with E-state index in [1.165, 1.54) is 12.8 Å². The number of aromatic nitrogens is 2. The largest absolute Gasteiger partial charge is 0.243 e. The Morgan fingerprint density at radius 2 is 1.67 bits per heavy atom. The average molecular weight is 341 g/mol. The van der Waals surface area contributed by atoms with E-state index in [0.29, 0.717) is 0 Å². The van der Waals surface area contributed by atoms with Gasteiger partial charge in [0.2, 0.25) is 6.33 Å². The third-order valence-corrected chi connectivity index (χ3v) is 1.59. The SMILES string of the molecule is CCCC[n+]1ccn(C)c1.Cl.Cl.Cl.Cl.[Fe]. The minimum atomic E-state index is 0. The molecule has 1 heterocycles. The molecule has 0 atom stereocenters. The summed E-state index contributed by atoms with van der Waals surface area (Å²) in [5.41, 5.74) is 0. The van der Waals surface area contributed by atoms with Crippen molar-refractivity contribution in [2.45, 2.75) is 26.3 Å². The number of nitrogens with zero attached hydrogens (tertiary/aromatic N) is 2. The monoisotopic (exact) mass is 339 g/mol. The van der Waals surface area contributed by atoms with Crippen molar-refractivity contribution < 1.29 is 21.6 Å². The molecule has 0 aliphatic heterocycles. The van der Waals surface area contributed by atoms with Gasteiger partial charge in [-0.25, -0.2) is 9.13 Å². The molecule has 1 rings (SSSR count). The van der Waals surface area contributed by atoms with Gasteiger partial charge in [0.15, 0.2) is 0 Å². The molecule has 0 aromatic carbocycles. The van der Waals surface area contributed by atoms with Crippen molar-refractivity contribution in [1.82, 2.24) is 4.57 Å². The third kappa shape index (κ3) is 12.8. The van der Waals surface area contributed by atoms with Gasteiger partial charge < -0.3 is 0 Å². The van der Waals surface area contributed by atoms with E-state index in [-0.39, 0.29) is 66.7 Å². The Kier molecular flexibility index (Phi) is 34.2. The van der Waals surface area contributed by atoms with Gasteiger partial charge >= 0.3 is 0 Å². The number of imidazole rings is 1. The summed E-state index contributed by atoms with van der Waals surface area (Å²) in [5, 5.41) is 0. The molecule has 96 valence electrons. The summed E-state index contributed by atoms with van der Waals surface area (Å²) < 4.78 is 4.28. The average Bonchev–Trinajstić information content (AvgIpc) is 2.31. The van der Waals surface area contributed by atoms with Gasteiger partial charge in [0.1, 0.15) is 12.4 Å². The predicted octanol–water partition coefficient (Wildman–Crippen LogP) is 2.80. The van der Waals surface area contributed by atoms with Crippen LogP contribution in [0, 0.1) is 0 Å². The molecule has 0 saturated carbocycles. The second-order valence-electron chi connectivity index (χ2n) is 2.67. The van der Waals surface area contributed by atoms with E-state index in [1.54, 1.807) is 0 Å². The van der Waals surface area contributed by atoms with Crippen molar-refractivity contribution >= 4 is 49.6 Å². The third-order valence-electron chi connectivity index (χ3n) is 1.59. The molecular formula is C8H19Cl4FeN2+. The Labute approximate surface area is 127 Å². The van der Waals surface area contributed by atoms with Crippen LogP contribution in [0.1, 0.15) is 19.8 Å². The molecule has 0 unspecified atom stereocenters. The number of aryl methyl sites for hydroxylation is 2. The summed E-state index contributed by atoms with van der Waals surface area (Å²) in [6.45, 7) is 3.36. The molecule has 0 spiro atoms. The van der Waals surface area contributed by atoms with Gasteiger partial charge in [-0.1, -0.05) is 13.3 Å². The summed E-state index contributed by atoms with van der Waals surface area (Å²) in [7, 11) is 2.04. The van der Waals surface area contributed by atoms with Crippen molar-refractivity contribution in [3.05, 3.63) is 18.7 Å². The fourth-order valence-corrected chi connectivity index (χ4v) is 0.975. The molecule has 1 aromatic heterocycles. The number of hydrogen-bond donors (Lipinski definition) is 0. The Balaban J connectivity index is -0.0000000667. The van der Waals surface area contributed by atoms with E-state index in [9.17, 15) is 0 Å². The van der Waals surface area contributed by atoms with Crippen molar-refractivity contribution in [1.29, 1.82) is 0 Å². The van der Waals surface area contributed by atoms with E-state index in [0.717, 1.165) is 6.54 Å². The summed E-state index contributed by atoms with van der Waals surface area (Å²) in [6, 6.07) is 0. The number of hydrogen-bond acceptors (Lipinski definition) is 0. The van der Waals surface area contributed by atoms with Crippen LogP contribution in [0.4, 0.5) is 0 Å². The summed E-state index contributed by atoms with van der Waals surface area (Å²) in [6.07, 6.45) is 8.82. The predicted molar refractivity (Wildman–Crippen MR) is 69.5 cm³/mol. The zero-order chi connectivity index (χ0) is 7.40. The molecule has 15 heavy (non-hydrogen) atoms. The van der Waals surface area contributed by atoms with Gasteiger partial charge in [0, 0.05) is 17.1 Å². The molecule has 2 nitrogen and oxygen atoms in total. The van der Waals surface area contributed by atoms with Gasteiger partial charge in [-0.05, 0) is 6.42 Å². The standard InChI is InChI=1S/C8H15N2.4ClH.Fe/c1-3-4-5-10-7-6-9(2)8-10;;;;;/h6-8H,3-5H2,1-2H3;4*1H;/q+1;;;;;. The summed E-state index contributed by atoms with van der Waals surface area (Å²) in [4.78, 5) is 0. The molecule has 0 N–H and O–H groups in total. The van der Waals surface area contributed by atoms with Crippen molar-refractivity contribution in [3.8, 4) is 0 Å². The minimum Gasteiger partial charge on any atom is -0.240 e. The molecule has 0 aliphatic carbocycles. The smallest absolute Gasteiger partial charge is 0.240 e. The maximum absolute atomic E-state index is 2.21. The Bertz CT molecular complexity index is 208. The van der Waals surface area contributed by atoms with Crippen LogP contribution in [0.2, 0.25) is 0 Å². The molecule has 0 saturated heterocycles. The summed E-state index contributed by atoms with van der Waals surface area (Å²) >= 11 is 0. The van der Waals surface area contributed by atoms with Crippen LogP contribution in [-0.4, -0.2) is 4.57 Å². The van der Waals surface area contributed by atoms with Crippen LogP contribution in [0.5, 0.6) is 0 Å². The zero-order valence-corrected chi connectivity index (χ0v) is 13.1. The first-order chi connectivity index (χ1) is 4.83. The number of unbranched alkanes of at least 4 members (excludes halogenated alkanes) is 1. The van der Waals surface area contributed by atoms with E-state index < -0.39 is 0 Å². The quantitative estimate of drug-likeness (QED) is 0.591. The molecule has 1 aromatic rings. The van der Waals surface area contributed by atoms with Crippen LogP contribution < -0.4 is 4.57 Å². The normalized spacial score (nSPS) is 6.80. The molecule has 7 heteroatoms. The van der Waals surface area contributed by atoms with Crippen LogP contribution >= 0.6 is 49.6 Å². The van der Waals surface area contributed by atoms with Crippen LogP contribution in [0.3, 0.4) is 0 Å². The van der Waals surface area contributed by atoms with E-state index in [2.05, 4.69) is 34.8 Å². The van der Waals surface area contributed by atoms with Gasteiger partial charge in [-0.3, -0.25) is 0 Å². The van der Waals surface area contributed by atoms with Crippen molar-refractivity contribution in [3.63, 3.8) is 0 Å². The molecule has 0 amide bonds. The second-order valence-corrected chi connectivity index (χ2v) is 2.67. The maximum Gasteiger partial charge on any atom is 0.243 e. The topological polar surface area (TPSA) is 8.81 Å². The number of rotatable bonds is 3. The van der Waals surface area contributed by atoms with Crippen LogP contribution in [0.15, 0.2) is 18.7 Å². The first-order valence-corrected chi connectivity index (χ1v) is 3.84. The van der Waals surface area contributed by atoms with Crippen LogP contribution in [0.25, 0.3) is 0 Å². The Morgan fingerprint density at radius 3 is 2.00 bits per heavy atom. The van der Waals surface area contributed by atoms with Gasteiger partial charge in [-0.2, -0.15) is 0 Å². The minimum absolute atomic E-state index is 0. The molecule has 0 fully saturated rings. The van der Waals surface area contributed by atoms with Crippen molar-refractivity contribution in [2.24, 2.45) is 7.05 Å². The van der Waals surface area contributed by atoms with Crippen molar-refractivity contribution in [2.75, 3.05) is 0 Å².